The van der Waals surface area contributed by atoms with Crippen LogP contribution in [0.25, 0.3) is 10.8 Å². The van der Waals surface area contributed by atoms with Crippen molar-refractivity contribution in [3.8, 4) is 17.6 Å². The lowest BCUT2D eigenvalue weighted by Gasteiger charge is -2.22. The lowest BCUT2D eigenvalue weighted by Crippen LogP contribution is -2.34. The molecule has 6 heteroatoms. The molecule has 0 aliphatic carbocycles. The summed E-state index contributed by atoms with van der Waals surface area (Å²) in [5.41, 5.74) is -0.447. The van der Waals surface area contributed by atoms with E-state index in [4.69, 9.17) is 4.74 Å². The van der Waals surface area contributed by atoms with E-state index in [-0.39, 0.29) is 5.56 Å². The average molecular weight is 390 g/mol. The number of benzene rings is 3. The second kappa shape index (κ2) is 7.16. The summed E-state index contributed by atoms with van der Waals surface area (Å²) in [6.07, 6.45) is -5.72. The van der Waals surface area contributed by atoms with E-state index in [1.54, 1.807) is 49.4 Å². The molecule has 0 heterocycles. The number of hydrogen-bond donors (Lipinski definition) is 0. The number of methoxy groups -OCH3 is 1. The van der Waals surface area contributed by atoms with Gasteiger partial charge in [0, 0.05) is 16.7 Å². The Bertz CT molecular complexity index is 1070. The number of fused-ring (bicyclic) bond motifs is 1. The molecule has 28 heavy (non-hydrogen) atoms. The molecule has 0 spiro atoms. The van der Waals surface area contributed by atoms with Gasteiger partial charge in [-0.2, -0.15) is 22.0 Å². The first-order valence-corrected chi connectivity index (χ1v) is 8.28. The van der Waals surface area contributed by atoms with Crippen molar-refractivity contribution in [2.75, 3.05) is 7.11 Å². The highest BCUT2D eigenvalue weighted by atomic mass is 19.4. The summed E-state index contributed by atoms with van der Waals surface area (Å²) >= 11 is 0. The number of aryl methyl sites for hydroxylation is 1. The summed E-state index contributed by atoms with van der Waals surface area (Å²) in [6, 6.07) is 13.6. The van der Waals surface area contributed by atoms with Crippen LogP contribution in [0.15, 0.2) is 54.6 Å². The molecule has 3 rings (SSSR count). The van der Waals surface area contributed by atoms with E-state index in [2.05, 4.69) is 11.8 Å². The van der Waals surface area contributed by atoms with Crippen LogP contribution < -0.4 is 4.74 Å². The molecule has 1 nitrogen and oxygen atoms in total. The van der Waals surface area contributed by atoms with E-state index in [0.29, 0.717) is 27.6 Å². The summed E-state index contributed by atoms with van der Waals surface area (Å²) in [7, 11) is 1.49. The van der Waals surface area contributed by atoms with Gasteiger partial charge in [0.25, 0.3) is 0 Å². The fourth-order valence-electron chi connectivity index (χ4n) is 2.81. The maximum absolute atomic E-state index is 14.2. The molecule has 0 radical (unpaired) electrons. The average Bonchev–Trinajstić information content (AvgIpc) is 2.65. The highest BCUT2D eigenvalue weighted by molar-refractivity contribution is 5.88. The van der Waals surface area contributed by atoms with Crippen LogP contribution in [-0.2, 0) is 5.92 Å². The number of ether oxygens (including phenoxy) is 1. The first kappa shape index (κ1) is 19.7. The highest BCUT2D eigenvalue weighted by Crippen LogP contribution is 2.46. The molecular formula is C22H15F5O. The van der Waals surface area contributed by atoms with Crippen molar-refractivity contribution < 1.29 is 26.7 Å². The first-order valence-electron chi connectivity index (χ1n) is 8.28. The van der Waals surface area contributed by atoms with Gasteiger partial charge >= 0.3 is 12.1 Å². The first-order chi connectivity index (χ1) is 13.1. The summed E-state index contributed by atoms with van der Waals surface area (Å²) in [5, 5.41) is 0.872. The standard InChI is InChI=1S/C22H15F5O/c1-14-4-3-5-16-12-17(9-6-15-7-10-18(28-2)11-8-15)20(13-19(14)16)21(23,24)22(25,26)27/h3-5,7-8,10-13H,1-2H3. The van der Waals surface area contributed by atoms with E-state index >= 15 is 0 Å². The van der Waals surface area contributed by atoms with Crippen LogP contribution in [0, 0.1) is 18.8 Å². The third kappa shape index (κ3) is 3.65. The molecule has 0 amide bonds. The fraction of sp³-hybridized carbons (Fsp3) is 0.182. The Morgan fingerprint density at radius 3 is 2.14 bits per heavy atom. The minimum absolute atomic E-state index is 0.330. The van der Waals surface area contributed by atoms with Crippen molar-refractivity contribution in [3.05, 3.63) is 76.9 Å². The van der Waals surface area contributed by atoms with E-state index in [1.807, 2.05) is 0 Å². The Labute approximate surface area is 158 Å². The van der Waals surface area contributed by atoms with E-state index in [1.165, 1.54) is 13.2 Å². The van der Waals surface area contributed by atoms with Crippen LogP contribution in [0.4, 0.5) is 22.0 Å². The van der Waals surface area contributed by atoms with Gasteiger partial charge in [-0.05, 0) is 59.7 Å². The zero-order valence-corrected chi connectivity index (χ0v) is 15.0. The van der Waals surface area contributed by atoms with Crippen LogP contribution in [0.2, 0.25) is 0 Å². The largest absolute Gasteiger partial charge is 0.497 e. The van der Waals surface area contributed by atoms with Gasteiger partial charge in [0.05, 0.1) is 7.11 Å². The van der Waals surface area contributed by atoms with Crippen LogP contribution in [-0.4, -0.2) is 13.3 Å². The molecule has 0 saturated heterocycles. The van der Waals surface area contributed by atoms with E-state index in [9.17, 15) is 22.0 Å². The Kier molecular flexibility index (Phi) is 5.03. The lowest BCUT2D eigenvalue weighted by atomic mass is 9.94. The quantitative estimate of drug-likeness (QED) is 0.373. The van der Waals surface area contributed by atoms with E-state index < -0.39 is 17.7 Å². The third-order valence-corrected chi connectivity index (χ3v) is 4.36. The van der Waals surface area contributed by atoms with Crippen LogP contribution in [0.3, 0.4) is 0 Å². The topological polar surface area (TPSA) is 9.23 Å². The van der Waals surface area contributed by atoms with Gasteiger partial charge < -0.3 is 4.74 Å². The molecule has 144 valence electrons. The molecule has 0 bridgehead atoms. The van der Waals surface area contributed by atoms with Gasteiger partial charge in [-0.3, -0.25) is 0 Å². The highest BCUT2D eigenvalue weighted by Gasteiger charge is 2.59. The SMILES string of the molecule is COc1ccc(C#Cc2cc3cccc(C)c3cc2C(F)(F)C(F)(F)F)cc1. The molecule has 0 aromatic heterocycles. The fourth-order valence-corrected chi connectivity index (χ4v) is 2.81. The van der Waals surface area contributed by atoms with Crippen molar-refractivity contribution in [1.82, 2.24) is 0 Å². The third-order valence-electron chi connectivity index (χ3n) is 4.36. The second-order valence-corrected chi connectivity index (χ2v) is 6.24. The monoisotopic (exact) mass is 390 g/mol. The maximum atomic E-state index is 14.2. The van der Waals surface area contributed by atoms with Crippen LogP contribution >= 0.6 is 0 Å². The molecule has 0 fully saturated rings. The molecule has 0 aliphatic rings. The van der Waals surface area contributed by atoms with Gasteiger partial charge in [0.2, 0.25) is 0 Å². The molecule has 0 saturated carbocycles. The number of rotatable bonds is 2. The normalized spacial score (nSPS) is 11.8. The molecule has 0 unspecified atom stereocenters. The van der Waals surface area contributed by atoms with Gasteiger partial charge in [-0.15, -0.1) is 0 Å². The van der Waals surface area contributed by atoms with Crippen molar-refractivity contribution >= 4 is 10.8 Å². The zero-order chi connectivity index (χ0) is 20.5. The number of hydrogen-bond acceptors (Lipinski definition) is 1. The van der Waals surface area contributed by atoms with E-state index in [0.717, 1.165) is 6.07 Å². The summed E-state index contributed by atoms with van der Waals surface area (Å²) in [5.74, 6) is 0.695. The molecule has 0 aliphatic heterocycles. The van der Waals surface area contributed by atoms with Gasteiger partial charge in [0.15, 0.2) is 0 Å². The summed E-state index contributed by atoms with van der Waals surface area (Å²) < 4.78 is 72.5. The lowest BCUT2D eigenvalue weighted by molar-refractivity contribution is -0.289. The van der Waals surface area contributed by atoms with Crippen molar-refractivity contribution in [2.24, 2.45) is 0 Å². The minimum atomic E-state index is -5.72. The Morgan fingerprint density at radius 2 is 1.54 bits per heavy atom. The Balaban J connectivity index is 2.20. The smallest absolute Gasteiger partial charge is 0.458 e. The molecule has 3 aromatic carbocycles. The zero-order valence-electron chi connectivity index (χ0n) is 15.0. The van der Waals surface area contributed by atoms with Gasteiger partial charge in [-0.25, -0.2) is 0 Å². The Hall–Kier alpha value is -3.07. The summed E-state index contributed by atoms with van der Waals surface area (Å²) in [4.78, 5) is 0. The van der Waals surface area contributed by atoms with Gasteiger partial charge in [0.1, 0.15) is 5.75 Å². The van der Waals surface area contributed by atoms with Crippen molar-refractivity contribution in [1.29, 1.82) is 0 Å². The predicted molar refractivity (Wildman–Crippen MR) is 97.6 cm³/mol. The Morgan fingerprint density at radius 1 is 0.857 bits per heavy atom. The van der Waals surface area contributed by atoms with Crippen LogP contribution in [0.1, 0.15) is 22.3 Å². The number of alkyl halides is 5. The second-order valence-electron chi connectivity index (χ2n) is 6.24. The predicted octanol–water partition coefficient (Wildman–Crippen LogP) is 6.21. The summed E-state index contributed by atoms with van der Waals surface area (Å²) in [6.45, 7) is 1.65. The van der Waals surface area contributed by atoms with Crippen molar-refractivity contribution in [3.63, 3.8) is 0 Å². The van der Waals surface area contributed by atoms with Crippen molar-refractivity contribution in [2.45, 2.75) is 19.0 Å². The molecular weight excluding hydrogens is 375 g/mol. The van der Waals surface area contributed by atoms with Gasteiger partial charge in [-0.1, -0.05) is 30.0 Å². The molecule has 0 N–H and O–H groups in total. The maximum Gasteiger partial charge on any atom is 0.458 e. The minimum Gasteiger partial charge on any atom is -0.497 e. The molecule has 0 atom stereocenters. The van der Waals surface area contributed by atoms with Crippen LogP contribution in [0.5, 0.6) is 5.75 Å². The molecule has 3 aromatic rings. The number of halogens is 5.